The molecule has 2 aliphatic heterocycles. The first kappa shape index (κ1) is 21.1. The minimum Gasteiger partial charge on any atom is -0.467 e. The van der Waals surface area contributed by atoms with Gasteiger partial charge >= 0.3 is 6.03 Å². The Morgan fingerprint density at radius 2 is 1.71 bits per heavy atom. The monoisotopic (exact) mass is 458 g/mol. The average Bonchev–Trinajstić information content (AvgIpc) is 3.50. The maximum Gasteiger partial charge on any atom is 0.344 e. The first-order valence-corrected chi connectivity index (χ1v) is 10.4. The van der Waals surface area contributed by atoms with Crippen LogP contribution in [0.4, 0.5) is 4.79 Å². The molecule has 1 fully saturated rings. The van der Waals surface area contributed by atoms with E-state index < -0.39 is 35.2 Å². The van der Waals surface area contributed by atoms with Crippen molar-refractivity contribution >= 4 is 29.7 Å². The van der Waals surface area contributed by atoms with Crippen molar-refractivity contribution in [3.8, 4) is 0 Å². The molecule has 10 heteroatoms. The molecule has 1 saturated heterocycles. The molecule has 2 aromatic carbocycles. The standard InChI is InChI=1S/C24H18N4O6/c1-24(15-6-3-2-4-7-15)22(32)28(23(33)25-24)26-19(29)14-9-10-17-18(12-14)21(31)27(20(17)30)13-16-8-5-11-34-16/h2-12H,13H2,1H3,(H,25,33)(H,26,29)/t24-/m1/s1. The molecule has 170 valence electrons. The van der Waals surface area contributed by atoms with Crippen molar-refractivity contribution in [2.45, 2.75) is 19.0 Å². The van der Waals surface area contributed by atoms with Crippen molar-refractivity contribution in [3.05, 3.63) is 94.9 Å². The smallest absolute Gasteiger partial charge is 0.344 e. The molecule has 0 spiro atoms. The van der Waals surface area contributed by atoms with Crippen LogP contribution in [0.15, 0.2) is 71.3 Å². The fourth-order valence-corrected chi connectivity index (χ4v) is 4.01. The van der Waals surface area contributed by atoms with E-state index in [2.05, 4.69) is 10.7 Å². The van der Waals surface area contributed by atoms with Crippen LogP contribution in [0.1, 0.15) is 49.3 Å². The minimum atomic E-state index is -1.35. The number of imide groups is 2. The summed E-state index contributed by atoms with van der Waals surface area (Å²) in [6.45, 7) is 1.50. The number of furan rings is 1. The van der Waals surface area contributed by atoms with E-state index >= 15 is 0 Å². The van der Waals surface area contributed by atoms with Crippen LogP contribution in [0.3, 0.4) is 0 Å². The summed E-state index contributed by atoms with van der Waals surface area (Å²) < 4.78 is 5.21. The fraction of sp³-hybridized carbons (Fsp3) is 0.125. The highest BCUT2D eigenvalue weighted by Crippen LogP contribution is 2.29. The first-order valence-electron chi connectivity index (χ1n) is 10.4. The molecule has 0 aliphatic carbocycles. The third kappa shape index (κ3) is 3.24. The van der Waals surface area contributed by atoms with E-state index in [4.69, 9.17) is 4.42 Å². The van der Waals surface area contributed by atoms with Crippen LogP contribution in [0.5, 0.6) is 0 Å². The lowest BCUT2D eigenvalue weighted by atomic mass is 9.92. The van der Waals surface area contributed by atoms with Crippen LogP contribution in [-0.2, 0) is 16.9 Å². The van der Waals surface area contributed by atoms with Crippen LogP contribution in [0, 0.1) is 0 Å². The Kier molecular flexibility index (Phi) is 4.78. The summed E-state index contributed by atoms with van der Waals surface area (Å²) in [7, 11) is 0. The zero-order valence-corrected chi connectivity index (χ0v) is 17.9. The molecule has 3 heterocycles. The predicted octanol–water partition coefficient (Wildman–Crippen LogP) is 2.19. The molecular weight excluding hydrogens is 440 g/mol. The van der Waals surface area contributed by atoms with Gasteiger partial charge in [0.25, 0.3) is 23.6 Å². The Balaban J connectivity index is 1.36. The van der Waals surface area contributed by atoms with Crippen LogP contribution >= 0.6 is 0 Å². The largest absolute Gasteiger partial charge is 0.467 e. The van der Waals surface area contributed by atoms with Gasteiger partial charge in [-0.3, -0.25) is 29.5 Å². The number of amides is 6. The SMILES string of the molecule is C[C@]1(c2ccccc2)NC(=O)N(NC(=O)c2ccc3c(c2)C(=O)N(Cc2ccco2)C3=O)C1=O. The van der Waals surface area contributed by atoms with E-state index in [-0.39, 0.29) is 23.2 Å². The molecular formula is C24H18N4O6. The van der Waals surface area contributed by atoms with Crippen molar-refractivity contribution in [2.24, 2.45) is 0 Å². The predicted molar refractivity (Wildman–Crippen MR) is 116 cm³/mol. The topological polar surface area (TPSA) is 129 Å². The summed E-state index contributed by atoms with van der Waals surface area (Å²) in [5, 5.41) is 3.20. The summed E-state index contributed by atoms with van der Waals surface area (Å²) in [6.07, 6.45) is 1.44. The van der Waals surface area contributed by atoms with E-state index in [0.29, 0.717) is 16.3 Å². The second-order valence-corrected chi connectivity index (χ2v) is 8.04. The van der Waals surface area contributed by atoms with Crippen molar-refractivity contribution in [1.29, 1.82) is 0 Å². The van der Waals surface area contributed by atoms with Crippen molar-refractivity contribution in [2.75, 3.05) is 0 Å². The van der Waals surface area contributed by atoms with Gasteiger partial charge in [-0.1, -0.05) is 30.3 Å². The molecule has 2 N–H and O–H groups in total. The summed E-state index contributed by atoms with van der Waals surface area (Å²) >= 11 is 0. The maximum atomic E-state index is 13.0. The highest BCUT2D eigenvalue weighted by molar-refractivity contribution is 6.22. The van der Waals surface area contributed by atoms with Crippen molar-refractivity contribution in [1.82, 2.24) is 20.7 Å². The van der Waals surface area contributed by atoms with Gasteiger partial charge in [-0.25, -0.2) is 4.79 Å². The second kappa shape index (κ2) is 7.69. The number of benzene rings is 2. The number of nitrogens with one attached hydrogen (secondary N) is 2. The van der Waals surface area contributed by atoms with E-state index in [1.807, 2.05) is 0 Å². The van der Waals surface area contributed by atoms with Gasteiger partial charge in [-0.05, 0) is 42.8 Å². The number of nitrogens with zero attached hydrogens (tertiary/aromatic N) is 2. The molecule has 0 saturated carbocycles. The van der Waals surface area contributed by atoms with Gasteiger partial charge in [0.15, 0.2) is 0 Å². The van der Waals surface area contributed by atoms with E-state index in [9.17, 15) is 24.0 Å². The maximum absolute atomic E-state index is 13.0. The lowest BCUT2D eigenvalue weighted by Crippen LogP contribution is -2.47. The number of carbonyl (C=O) groups is 5. The van der Waals surface area contributed by atoms with Crippen molar-refractivity contribution < 1.29 is 28.4 Å². The number of hydrogen-bond acceptors (Lipinski definition) is 6. The lowest BCUT2D eigenvalue weighted by molar-refractivity contribution is -0.132. The van der Waals surface area contributed by atoms with Crippen LogP contribution in [-0.4, -0.2) is 39.6 Å². The Bertz CT molecular complexity index is 1350. The quantitative estimate of drug-likeness (QED) is 0.445. The molecule has 5 rings (SSSR count). The van der Waals surface area contributed by atoms with E-state index in [1.165, 1.54) is 24.5 Å². The summed E-state index contributed by atoms with van der Waals surface area (Å²) in [4.78, 5) is 64.8. The number of urea groups is 1. The molecule has 1 atom stereocenters. The Morgan fingerprint density at radius 1 is 0.971 bits per heavy atom. The van der Waals surface area contributed by atoms with E-state index in [1.54, 1.807) is 49.4 Å². The van der Waals surface area contributed by atoms with Gasteiger partial charge in [0.2, 0.25) is 0 Å². The number of rotatable bonds is 5. The van der Waals surface area contributed by atoms with Crippen LogP contribution < -0.4 is 10.7 Å². The molecule has 0 unspecified atom stereocenters. The molecule has 1 aromatic heterocycles. The number of carbonyl (C=O) groups excluding carboxylic acids is 5. The molecule has 6 amide bonds. The average molecular weight is 458 g/mol. The summed E-state index contributed by atoms with van der Waals surface area (Å²) in [5.74, 6) is -2.08. The molecule has 34 heavy (non-hydrogen) atoms. The molecule has 2 aliphatic rings. The zero-order valence-electron chi connectivity index (χ0n) is 17.9. The first-order chi connectivity index (χ1) is 16.3. The normalized spacial score (nSPS) is 19.4. The Morgan fingerprint density at radius 3 is 2.41 bits per heavy atom. The molecule has 0 radical (unpaired) electrons. The molecule has 10 nitrogen and oxygen atoms in total. The number of hydrogen-bond donors (Lipinski definition) is 2. The summed E-state index contributed by atoms with van der Waals surface area (Å²) in [5.41, 5.74) is 1.71. The minimum absolute atomic E-state index is 0.00802. The highest BCUT2D eigenvalue weighted by Gasteiger charge is 2.50. The molecule has 3 aromatic rings. The van der Waals surface area contributed by atoms with Gasteiger partial charge in [0, 0.05) is 5.56 Å². The second-order valence-electron chi connectivity index (χ2n) is 8.04. The fourth-order valence-electron chi connectivity index (χ4n) is 4.01. The zero-order chi connectivity index (χ0) is 24.0. The Labute approximate surface area is 193 Å². The van der Waals surface area contributed by atoms with E-state index in [0.717, 1.165) is 4.90 Å². The molecule has 0 bridgehead atoms. The third-order valence-electron chi connectivity index (χ3n) is 5.88. The van der Waals surface area contributed by atoms with Gasteiger partial charge in [0.05, 0.1) is 23.9 Å². The van der Waals surface area contributed by atoms with Crippen LogP contribution in [0.25, 0.3) is 0 Å². The van der Waals surface area contributed by atoms with Gasteiger partial charge in [-0.2, -0.15) is 5.01 Å². The Hall–Kier alpha value is -4.73. The van der Waals surface area contributed by atoms with Gasteiger partial charge in [0.1, 0.15) is 11.3 Å². The lowest BCUT2D eigenvalue weighted by Gasteiger charge is -2.22. The summed E-state index contributed by atoms with van der Waals surface area (Å²) in [6, 6.07) is 15.1. The van der Waals surface area contributed by atoms with Gasteiger partial charge < -0.3 is 9.73 Å². The highest BCUT2D eigenvalue weighted by atomic mass is 16.3. The number of hydrazine groups is 1. The number of fused-ring (bicyclic) bond motifs is 1. The van der Waals surface area contributed by atoms with Crippen molar-refractivity contribution in [3.63, 3.8) is 0 Å². The van der Waals surface area contributed by atoms with Gasteiger partial charge in [-0.15, -0.1) is 0 Å². The third-order valence-corrected chi connectivity index (χ3v) is 5.88. The van der Waals surface area contributed by atoms with Crippen LogP contribution in [0.2, 0.25) is 0 Å².